The number of hydrogen-bond acceptors (Lipinski definition) is 7. The van der Waals surface area contributed by atoms with Gasteiger partial charge in [0.05, 0.1) is 10.7 Å². The molecule has 2 aromatic carbocycles. The average Bonchev–Trinajstić information content (AvgIpc) is 3.66. The van der Waals surface area contributed by atoms with Gasteiger partial charge in [0.1, 0.15) is 23.7 Å². The topological polar surface area (TPSA) is 137 Å². The summed E-state index contributed by atoms with van der Waals surface area (Å²) < 4.78 is 7.17. The molecule has 11 heteroatoms. The number of carbonyl (C=O) groups excluding carboxylic acids is 1. The van der Waals surface area contributed by atoms with Gasteiger partial charge >= 0.3 is 0 Å². The Labute approximate surface area is 235 Å². The van der Waals surface area contributed by atoms with E-state index in [4.69, 9.17) is 21.7 Å². The van der Waals surface area contributed by atoms with Crippen LogP contribution in [0.15, 0.2) is 71.3 Å². The summed E-state index contributed by atoms with van der Waals surface area (Å²) in [5, 5.41) is 18.9. The first-order chi connectivity index (χ1) is 19.1. The van der Waals surface area contributed by atoms with Crippen LogP contribution in [0.4, 0.5) is 0 Å². The van der Waals surface area contributed by atoms with Crippen LogP contribution in [0.25, 0.3) is 17.2 Å². The Morgan fingerprint density at radius 1 is 1.20 bits per heavy atom. The molecule has 206 valence electrons. The summed E-state index contributed by atoms with van der Waals surface area (Å²) in [4.78, 5) is 33.7. The summed E-state index contributed by atoms with van der Waals surface area (Å²) >= 11 is 6.45. The highest BCUT2D eigenvalue weighted by molar-refractivity contribution is 6.34. The van der Waals surface area contributed by atoms with Crippen molar-refractivity contribution in [1.29, 1.82) is 5.41 Å². The smallest absolute Gasteiger partial charge is 0.276 e. The Balaban J connectivity index is 1.37. The lowest BCUT2D eigenvalue weighted by Crippen LogP contribution is -2.42. The molecule has 2 heterocycles. The van der Waals surface area contributed by atoms with Crippen LogP contribution in [0, 0.1) is 11.3 Å². The van der Waals surface area contributed by atoms with Crippen molar-refractivity contribution in [3.63, 3.8) is 0 Å². The van der Waals surface area contributed by atoms with Crippen molar-refractivity contribution in [2.45, 2.75) is 45.8 Å². The zero-order valence-corrected chi connectivity index (χ0v) is 23.2. The number of nitrogens with zero attached hydrogens (tertiary/aromatic N) is 3. The van der Waals surface area contributed by atoms with Crippen LogP contribution in [0.3, 0.4) is 0 Å². The molecule has 4 aromatic rings. The summed E-state index contributed by atoms with van der Waals surface area (Å²) in [6, 6.07) is 15.6. The van der Waals surface area contributed by atoms with Gasteiger partial charge in [-0.2, -0.15) is 9.50 Å². The Morgan fingerprint density at radius 2 is 1.95 bits per heavy atom. The average molecular weight is 560 g/mol. The highest BCUT2D eigenvalue weighted by Crippen LogP contribution is 2.31. The molecule has 1 fully saturated rings. The van der Waals surface area contributed by atoms with Crippen LogP contribution in [0.1, 0.15) is 49.7 Å². The van der Waals surface area contributed by atoms with Crippen LogP contribution in [-0.4, -0.2) is 36.7 Å². The molecule has 1 aliphatic carbocycles. The number of aromatic amines is 1. The molecule has 0 unspecified atom stereocenters. The third-order valence-electron chi connectivity index (χ3n) is 6.08. The predicted octanol–water partition coefficient (Wildman–Crippen LogP) is 4.71. The van der Waals surface area contributed by atoms with Gasteiger partial charge in [0.2, 0.25) is 5.78 Å². The number of amides is 1. The number of ether oxygens (including phenoxy) is 1. The van der Waals surface area contributed by atoms with E-state index in [1.54, 1.807) is 24.3 Å². The maximum Gasteiger partial charge on any atom is 0.276 e. The first-order valence-electron chi connectivity index (χ1n) is 12.9. The number of carbonyl (C=O) groups is 1. The van der Waals surface area contributed by atoms with Crippen LogP contribution in [0.5, 0.6) is 5.75 Å². The van der Waals surface area contributed by atoms with Crippen molar-refractivity contribution in [1.82, 2.24) is 30.2 Å². The summed E-state index contributed by atoms with van der Waals surface area (Å²) in [5.41, 5.74) is 1.12. The molecule has 1 aliphatic rings. The Bertz CT molecular complexity index is 1660. The summed E-state index contributed by atoms with van der Waals surface area (Å²) in [6.07, 6.45) is 3.61. The molecule has 40 heavy (non-hydrogen) atoms. The molecule has 0 aliphatic heterocycles. The minimum atomic E-state index is -0.485. The van der Waals surface area contributed by atoms with Gasteiger partial charge in [-0.05, 0) is 51.8 Å². The normalized spacial score (nSPS) is 13.8. The Morgan fingerprint density at radius 3 is 2.65 bits per heavy atom. The lowest BCUT2D eigenvalue weighted by Gasteiger charge is -2.25. The SMILES string of the molecule is CC(C)(C)N/C(=C\C(=N)C1CC1)NC(=O)c1c(Cl)cccc1OCc1cc(=O)n2nc(-c3ccccc3)nc2[nH]1. The number of halogens is 1. The van der Waals surface area contributed by atoms with Crippen molar-refractivity contribution in [3.8, 4) is 17.1 Å². The molecular formula is C29H30ClN7O3. The van der Waals surface area contributed by atoms with Gasteiger partial charge in [-0.25, -0.2) is 0 Å². The van der Waals surface area contributed by atoms with Gasteiger partial charge in [-0.15, -0.1) is 5.10 Å². The van der Waals surface area contributed by atoms with E-state index >= 15 is 0 Å². The van der Waals surface area contributed by atoms with E-state index in [-0.39, 0.29) is 45.7 Å². The van der Waals surface area contributed by atoms with Crippen molar-refractivity contribution in [2.75, 3.05) is 0 Å². The molecule has 0 saturated heterocycles. The maximum atomic E-state index is 13.4. The fraction of sp³-hybridized carbons (Fsp3) is 0.276. The lowest BCUT2D eigenvalue weighted by molar-refractivity contribution is 0.0957. The standard InChI is InChI=1S/C29H30ClN7O3/c1-29(2,3)35-23(15-21(31)17-12-13-17)33-27(39)25-20(30)10-7-11-22(25)40-16-19-14-24(38)37-28(32-19)34-26(36-37)18-8-5-4-6-9-18/h4-11,14-15,17,31,35H,12-13,16H2,1-3H3,(H,33,39)(H,32,34,36)/b23-15-,31-21?. The molecule has 0 bridgehead atoms. The maximum absolute atomic E-state index is 13.4. The third kappa shape index (κ3) is 6.40. The summed E-state index contributed by atoms with van der Waals surface area (Å²) in [6.45, 7) is 5.85. The monoisotopic (exact) mass is 559 g/mol. The molecule has 1 saturated carbocycles. The third-order valence-corrected chi connectivity index (χ3v) is 6.39. The van der Waals surface area contributed by atoms with Gasteiger partial charge in [0.15, 0.2) is 5.82 Å². The predicted molar refractivity (Wildman–Crippen MR) is 154 cm³/mol. The zero-order chi connectivity index (χ0) is 28.4. The van der Waals surface area contributed by atoms with Crippen molar-refractivity contribution >= 4 is 29.0 Å². The molecule has 0 radical (unpaired) electrons. The minimum Gasteiger partial charge on any atom is -0.486 e. The van der Waals surface area contributed by atoms with E-state index in [0.29, 0.717) is 23.1 Å². The number of nitrogens with one attached hydrogen (secondary N) is 4. The molecular weight excluding hydrogens is 530 g/mol. The number of hydrogen-bond donors (Lipinski definition) is 4. The largest absolute Gasteiger partial charge is 0.486 e. The first-order valence-corrected chi connectivity index (χ1v) is 13.3. The fourth-order valence-corrected chi connectivity index (χ4v) is 4.34. The van der Waals surface area contributed by atoms with Crippen LogP contribution < -0.4 is 20.9 Å². The van der Waals surface area contributed by atoms with Crippen LogP contribution in [0.2, 0.25) is 5.02 Å². The Hall–Kier alpha value is -4.44. The van der Waals surface area contributed by atoms with E-state index in [0.717, 1.165) is 18.4 Å². The van der Waals surface area contributed by atoms with Crippen LogP contribution >= 0.6 is 11.6 Å². The van der Waals surface area contributed by atoms with E-state index in [2.05, 4.69) is 25.7 Å². The zero-order valence-electron chi connectivity index (χ0n) is 22.4. The van der Waals surface area contributed by atoms with Gasteiger partial charge in [0.25, 0.3) is 11.5 Å². The molecule has 4 N–H and O–H groups in total. The number of H-pyrrole nitrogens is 1. The highest BCUT2D eigenvalue weighted by Gasteiger charge is 2.27. The molecule has 1 amide bonds. The lowest BCUT2D eigenvalue weighted by atomic mass is 10.1. The van der Waals surface area contributed by atoms with Crippen LogP contribution in [-0.2, 0) is 6.61 Å². The molecule has 0 spiro atoms. The number of rotatable bonds is 9. The number of fused-ring (bicyclic) bond motifs is 1. The Kier molecular flexibility index (Phi) is 7.44. The molecule has 5 rings (SSSR count). The molecule has 0 atom stereocenters. The van der Waals surface area contributed by atoms with Gasteiger partial charge in [-0.1, -0.05) is 48.0 Å². The second-order valence-corrected chi connectivity index (χ2v) is 11.1. The number of allylic oxidation sites excluding steroid dienone is 1. The highest BCUT2D eigenvalue weighted by atomic mass is 35.5. The van der Waals surface area contributed by atoms with Crippen molar-refractivity contribution in [2.24, 2.45) is 5.92 Å². The van der Waals surface area contributed by atoms with Gasteiger partial charge in [-0.3, -0.25) is 9.59 Å². The van der Waals surface area contributed by atoms with Crippen molar-refractivity contribution in [3.05, 3.63) is 93.1 Å². The minimum absolute atomic E-state index is 0.0465. The summed E-state index contributed by atoms with van der Waals surface area (Å²) in [5.74, 6) is 1.08. The van der Waals surface area contributed by atoms with E-state index in [1.165, 1.54) is 10.6 Å². The fourth-order valence-electron chi connectivity index (χ4n) is 4.08. The first kappa shape index (κ1) is 27.1. The van der Waals surface area contributed by atoms with E-state index in [9.17, 15) is 9.59 Å². The van der Waals surface area contributed by atoms with E-state index in [1.807, 2.05) is 51.1 Å². The molecule has 10 nitrogen and oxygen atoms in total. The number of benzene rings is 2. The second-order valence-electron chi connectivity index (χ2n) is 10.7. The quantitative estimate of drug-likeness (QED) is 0.219. The van der Waals surface area contributed by atoms with Gasteiger partial charge in [0, 0.05) is 28.8 Å². The summed E-state index contributed by atoms with van der Waals surface area (Å²) in [7, 11) is 0. The number of aromatic nitrogens is 4. The second kappa shape index (κ2) is 11.0. The molecule has 2 aromatic heterocycles. The van der Waals surface area contributed by atoms with Crippen molar-refractivity contribution < 1.29 is 9.53 Å². The van der Waals surface area contributed by atoms with E-state index < -0.39 is 5.91 Å². The van der Waals surface area contributed by atoms with Gasteiger partial charge < -0.3 is 25.8 Å².